The van der Waals surface area contributed by atoms with Gasteiger partial charge in [-0.15, -0.1) is 0 Å². The smallest absolute Gasteiger partial charge is 0.339 e. The van der Waals surface area contributed by atoms with Crippen molar-refractivity contribution in [2.75, 3.05) is 0 Å². The number of hydrogen-bond donors (Lipinski definition) is 1. The van der Waals surface area contributed by atoms with E-state index in [4.69, 9.17) is 9.84 Å². The maximum atomic E-state index is 11.1. The Morgan fingerprint density at radius 2 is 2.17 bits per heavy atom. The quantitative estimate of drug-likeness (QED) is 0.828. The number of aromatic nitrogens is 1. The van der Waals surface area contributed by atoms with Crippen molar-refractivity contribution in [2.24, 2.45) is 0 Å². The third-order valence-electron chi connectivity index (χ3n) is 2.38. The van der Waals surface area contributed by atoms with Crippen molar-refractivity contribution in [1.29, 1.82) is 0 Å². The lowest BCUT2D eigenvalue weighted by Crippen LogP contribution is -2.00. The molecule has 0 unspecified atom stereocenters. The van der Waals surface area contributed by atoms with Crippen LogP contribution in [0.4, 0.5) is 0 Å². The van der Waals surface area contributed by atoms with Crippen molar-refractivity contribution < 1.29 is 14.6 Å². The topological polar surface area (TPSA) is 59.4 Å². The number of nitrogens with zero attached hydrogens (tertiary/aromatic N) is 1. The van der Waals surface area contributed by atoms with Crippen LogP contribution in [0.2, 0.25) is 0 Å². The highest BCUT2D eigenvalue weighted by Crippen LogP contribution is 2.31. The summed E-state index contributed by atoms with van der Waals surface area (Å²) in [6, 6.07) is 5.03. The fourth-order valence-corrected chi connectivity index (χ4v) is 2.60. The van der Waals surface area contributed by atoms with Gasteiger partial charge in [0.05, 0.1) is 5.69 Å². The van der Waals surface area contributed by atoms with Gasteiger partial charge in [0, 0.05) is 8.45 Å². The highest BCUT2D eigenvalue weighted by Gasteiger charge is 2.14. The van der Waals surface area contributed by atoms with Gasteiger partial charge in [-0.25, -0.2) is 9.78 Å². The number of thiazole rings is 1. The van der Waals surface area contributed by atoms with Crippen molar-refractivity contribution in [3.63, 3.8) is 0 Å². The largest absolute Gasteiger partial charge is 0.478 e. The summed E-state index contributed by atoms with van der Waals surface area (Å²) in [5.74, 6) is -0.690. The van der Waals surface area contributed by atoms with Gasteiger partial charge < -0.3 is 9.84 Å². The first-order valence-corrected chi connectivity index (χ1v) is 7.01. The van der Waals surface area contributed by atoms with E-state index in [0.29, 0.717) is 10.9 Å². The number of carboxylic acids is 1. The molecule has 0 radical (unpaired) electrons. The lowest BCUT2D eigenvalue weighted by atomic mass is 10.2. The normalized spacial score (nSPS) is 10.4. The second-order valence-electron chi connectivity index (χ2n) is 3.67. The Morgan fingerprint density at radius 3 is 2.72 bits per heavy atom. The molecular formula is C12H10INO3S. The molecule has 0 aliphatic carbocycles. The molecule has 1 N–H and O–H groups in total. The van der Waals surface area contributed by atoms with Crippen molar-refractivity contribution in [3.05, 3.63) is 37.9 Å². The minimum Gasteiger partial charge on any atom is -0.478 e. The van der Waals surface area contributed by atoms with Gasteiger partial charge in [0.15, 0.2) is 0 Å². The average Bonchev–Trinajstić information content (AvgIpc) is 2.60. The summed E-state index contributed by atoms with van der Waals surface area (Å²) in [6.45, 7) is 3.84. The number of aryl methyl sites for hydroxylation is 2. The van der Waals surface area contributed by atoms with Crippen molar-refractivity contribution >= 4 is 39.9 Å². The van der Waals surface area contributed by atoms with Gasteiger partial charge in [0.25, 0.3) is 5.19 Å². The zero-order chi connectivity index (χ0) is 13.3. The number of carbonyl (C=O) groups is 1. The van der Waals surface area contributed by atoms with Crippen LogP contribution in [0.15, 0.2) is 18.2 Å². The lowest BCUT2D eigenvalue weighted by Gasteiger charge is -2.06. The molecule has 18 heavy (non-hydrogen) atoms. The summed E-state index contributed by atoms with van der Waals surface area (Å²) in [5, 5.41) is 9.59. The molecule has 6 heteroatoms. The van der Waals surface area contributed by atoms with Crippen LogP contribution in [-0.4, -0.2) is 16.1 Å². The molecule has 4 nitrogen and oxygen atoms in total. The van der Waals surface area contributed by atoms with Crippen molar-refractivity contribution in [1.82, 2.24) is 4.98 Å². The number of hydrogen-bond acceptors (Lipinski definition) is 4. The summed E-state index contributed by atoms with van der Waals surface area (Å²) in [6.07, 6.45) is 0. The van der Waals surface area contributed by atoms with E-state index >= 15 is 0 Å². The summed E-state index contributed by atoms with van der Waals surface area (Å²) >= 11 is 3.47. The van der Waals surface area contributed by atoms with Gasteiger partial charge in [-0.05, 0) is 54.6 Å². The molecule has 0 saturated carbocycles. The van der Waals surface area contributed by atoms with Crippen molar-refractivity contribution in [2.45, 2.75) is 13.8 Å². The average molecular weight is 375 g/mol. The zero-order valence-electron chi connectivity index (χ0n) is 9.73. The maximum absolute atomic E-state index is 11.1. The molecule has 0 fully saturated rings. The Balaban J connectivity index is 2.36. The Morgan fingerprint density at radius 1 is 1.44 bits per heavy atom. The van der Waals surface area contributed by atoms with E-state index in [1.807, 2.05) is 13.8 Å². The molecule has 1 heterocycles. The van der Waals surface area contributed by atoms with Gasteiger partial charge in [0.1, 0.15) is 11.3 Å². The molecule has 94 valence electrons. The monoisotopic (exact) mass is 375 g/mol. The molecular weight excluding hydrogens is 365 g/mol. The number of aromatic carboxylic acids is 1. The predicted molar refractivity (Wildman–Crippen MR) is 77.8 cm³/mol. The molecule has 0 aliphatic rings. The van der Waals surface area contributed by atoms with Crippen LogP contribution in [0, 0.1) is 17.4 Å². The molecule has 0 spiro atoms. The number of carboxylic acid groups (broad SMARTS) is 1. The number of rotatable bonds is 3. The van der Waals surface area contributed by atoms with E-state index in [1.165, 1.54) is 11.3 Å². The predicted octanol–water partition coefficient (Wildman–Crippen LogP) is 3.86. The first-order chi connectivity index (χ1) is 8.47. The van der Waals surface area contributed by atoms with Gasteiger partial charge in [-0.1, -0.05) is 11.3 Å². The van der Waals surface area contributed by atoms with Crippen LogP contribution in [0.25, 0.3) is 0 Å². The number of ether oxygens (including phenoxy) is 1. The Labute approximate surface area is 122 Å². The van der Waals surface area contributed by atoms with Crippen molar-refractivity contribution in [3.8, 4) is 10.9 Å². The first-order valence-electron chi connectivity index (χ1n) is 5.12. The van der Waals surface area contributed by atoms with Crippen LogP contribution < -0.4 is 4.74 Å². The highest BCUT2D eigenvalue weighted by atomic mass is 127. The fraction of sp³-hybridized carbons (Fsp3) is 0.167. The molecule has 1 aromatic carbocycles. The first kappa shape index (κ1) is 13.3. The second-order valence-corrected chi connectivity index (χ2v) is 6.08. The van der Waals surface area contributed by atoms with Crippen LogP contribution in [0.1, 0.15) is 20.9 Å². The summed E-state index contributed by atoms with van der Waals surface area (Å²) in [5.41, 5.74) is 1.05. The van der Waals surface area contributed by atoms with Gasteiger partial charge in [-0.3, -0.25) is 0 Å². The molecule has 2 rings (SSSR count). The SMILES string of the molecule is Cc1nc(Oc2ccc(I)cc2C(=O)O)sc1C. The highest BCUT2D eigenvalue weighted by molar-refractivity contribution is 14.1. The summed E-state index contributed by atoms with van der Waals surface area (Å²) in [4.78, 5) is 16.4. The van der Waals surface area contributed by atoms with Gasteiger partial charge >= 0.3 is 5.97 Å². The zero-order valence-corrected chi connectivity index (χ0v) is 12.7. The standard InChI is InChI=1S/C12H10INO3S/c1-6-7(2)18-12(14-6)17-10-4-3-8(13)5-9(10)11(15)16/h3-5H,1-2H3,(H,15,16). The number of benzene rings is 1. The van der Waals surface area contributed by atoms with E-state index < -0.39 is 5.97 Å². The van der Waals surface area contributed by atoms with Crippen LogP contribution in [0.5, 0.6) is 10.9 Å². The lowest BCUT2D eigenvalue weighted by molar-refractivity contribution is 0.0694. The molecule has 0 bridgehead atoms. The third kappa shape index (κ3) is 2.81. The molecule has 0 saturated heterocycles. The molecule has 1 aromatic heterocycles. The fourth-order valence-electron chi connectivity index (χ4n) is 1.34. The maximum Gasteiger partial charge on any atom is 0.339 e. The van der Waals surface area contributed by atoms with Crippen LogP contribution >= 0.6 is 33.9 Å². The molecule has 0 amide bonds. The van der Waals surface area contributed by atoms with Crippen LogP contribution in [0.3, 0.4) is 0 Å². The Hall–Kier alpha value is -1.15. The van der Waals surface area contributed by atoms with Gasteiger partial charge in [-0.2, -0.15) is 0 Å². The van der Waals surface area contributed by atoms with E-state index in [2.05, 4.69) is 27.6 Å². The van der Waals surface area contributed by atoms with E-state index in [9.17, 15) is 4.79 Å². The minimum absolute atomic E-state index is 0.146. The van der Waals surface area contributed by atoms with E-state index in [0.717, 1.165) is 14.1 Å². The summed E-state index contributed by atoms with van der Waals surface area (Å²) < 4.78 is 6.40. The molecule has 2 aromatic rings. The van der Waals surface area contributed by atoms with Crippen LogP contribution in [-0.2, 0) is 0 Å². The number of halogens is 1. The summed E-state index contributed by atoms with van der Waals surface area (Å²) in [7, 11) is 0. The van der Waals surface area contributed by atoms with E-state index in [1.54, 1.807) is 18.2 Å². The van der Waals surface area contributed by atoms with Gasteiger partial charge in [0.2, 0.25) is 0 Å². The molecule has 0 aliphatic heterocycles. The minimum atomic E-state index is -1.01. The second kappa shape index (κ2) is 5.23. The Bertz CT molecular complexity index is 590. The molecule has 0 atom stereocenters. The Kier molecular flexibility index (Phi) is 3.86. The van der Waals surface area contributed by atoms with E-state index in [-0.39, 0.29) is 5.56 Å². The third-order valence-corrected chi connectivity index (χ3v) is 4.00.